The molecule has 130 valence electrons. The molecule has 6 heteroatoms. The second kappa shape index (κ2) is 7.79. The lowest BCUT2D eigenvalue weighted by Gasteiger charge is -2.22. The van der Waals surface area contributed by atoms with Gasteiger partial charge in [-0.1, -0.05) is 24.8 Å². The summed E-state index contributed by atoms with van der Waals surface area (Å²) in [6, 6.07) is 7.23. The van der Waals surface area contributed by atoms with Crippen LogP contribution in [0.25, 0.3) is 0 Å². The number of nitrogens with zero attached hydrogens (tertiary/aromatic N) is 1. The number of benzene rings is 1. The summed E-state index contributed by atoms with van der Waals surface area (Å²) in [6.45, 7) is 8.38. The standard InChI is InChI=1S/C18H24N2O4/c1-2-11-22-16-6-4-3-5-15(16)17(21)19-8-10-20-9-7-18(14-20)23-12-13-24-18/h2-6H,1,7-14H2,(H,19,21). The molecule has 1 aromatic carbocycles. The topological polar surface area (TPSA) is 60.0 Å². The molecule has 0 radical (unpaired) electrons. The Labute approximate surface area is 142 Å². The number of rotatable bonds is 7. The van der Waals surface area contributed by atoms with E-state index in [4.69, 9.17) is 14.2 Å². The second-order valence-electron chi connectivity index (χ2n) is 5.99. The fraction of sp³-hybridized carbons (Fsp3) is 0.500. The van der Waals surface area contributed by atoms with Gasteiger partial charge < -0.3 is 19.5 Å². The van der Waals surface area contributed by atoms with Crippen molar-refractivity contribution in [1.29, 1.82) is 0 Å². The Morgan fingerprint density at radius 1 is 1.38 bits per heavy atom. The van der Waals surface area contributed by atoms with Crippen LogP contribution in [0.3, 0.4) is 0 Å². The van der Waals surface area contributed by atoms with Crippen LogP contribution in [0.1, 0.15) is 16.8 Å². The molecule has 0 unspecified atom stereocenters. The lowest BCUT2D eigenvalue weighted by molar-refractivity contribution is -0.145. The van der Waals surface area contributed by atoms with Crippen molar-refractivity contribution in [3.05, 3.63) is 42.5 Å². The fourth-order valence-corrected chi connectivity index (χ4v) is 3.10. The Hall–Kier alpha value is -1.89. The normalized spacial score (nSPS) is 19.5. The van der Waals surface area contributed by atoms with Crippen molar-refractivity contribution in [2.24, 2.45) is 0 Å². The number of nitrogens with one attached hydrogen (secondary N) is 1. The van der Waals surface area contributed by atoms with Crippen molar-refractivity contribution in [1.82, 2.24) is 10.2 Å². The van der Waals surface area contributed by atoms with E-state index in [0.29, 0.717) is 37.7 Å². The van der Waals surface area contributed by atoms with Crippen LogP contribution < -0.4 is 10.1 Å². The van der Waals surface area contributed by atoms with Gasteiger partial charge >= 0.3 is 0 Å². The zero-order valence-corrected chi connectivity index (χ0v) is 13.8. The van der Waals surface area contributed by atoms with Crippen LogP contribution in [-0.4, -0.2) is 62.6 Å². The van der Waals surface area contributed by atoms with Gasteiger partial charge in [-0.3, -0.25) is 9.69 Å². The number of likely N-dealkylation sites (tertiary alicyclic amines) is 1. The molecule has 0 bridgehead atoms. The summed E-state index contributed by atoms with van der Waals surface area (Å²) in [5.74, 6) is 0.0366. The first-order chi connectivity index (χ1) is 11.7. The Balaban J connectivity index is 1.47. The molecule has 0 atom stereocenters. The van der Waals surface area contributed by atoms with E-state index in [0.717, 1.165) is 26.1 Å². The number of para-hydroxylation sites is 1. The molecule has 2 saturated heterocycles. The minimum absolute atomic E-state index is 0.128. The van der Waals surface area contributed by atoms with Crippen molar-refractivity contribution >= 4 is 5.91 Å². The zero-order valence-electron chi connectivity index (χ0n) is 13.8. The first-order valence-electron chi connectivity index (χ1n) is 8.34. The van der Waals surface area contributed by atoms with Crippen molar-refractivity contribution in [3.8, 4) is 5.75 Å². The first kappa shape index (κ1) is 17.0. The summed E-state index contributed by atoms with van der Waals surface area (Å²) in [4.78, 5) is 14.6. The van der Waals surface area contributed by atoms with Gasteiger partial charge in [-0.05, 0) is 12.1 Å². The average molecular weight is 332 g/mol. The number of ether oxygens (including phenoxy) is 3. The van der Waals surface area contributed by atoms with Gasteiger partial charge in [0.2, 0.25) is 0 Å². The highest BCUT2D eigenvalue weighted by Gasteiger charge is 2.42. The van der Waals surface area contributed by atoms with Gasteiger partial charge in [0.15, 0.2) is 5.79 Å². The number of carbonyl (C=O) groups excluding carboxylic acids is 1. The van der Waals surface area contributed by atoms with E-state index in [1.165, 1.54) is 0 Å². The van der Waals surface area contributed by atoms with Gasteiger partial charge in [-0.15, -0.1) is 0 Å². The molecular weight excluding hydrogens is 308 g/mol. The molecule has 0 saturated carbocycles. The van der Waals surface area contributed by atoms with E-state index in [2.05, 4.69) is 16.8 Å². The molecule has 0 aromatic heterocycles. The summed E-state index contributed by atoms with van der Waals surface area (Å²) in [5, 5.41) is 2.95. The van der Waals surface area contributed by atoms with Crippen LogP contribution in [0.2, 0.25) is 0 Å². The minimum atomic E-state index is -0.408. The average Bonchev–Trinajstić information content (AvgIpc) is 3.23. The molecule has 2 aliphatic heterocycles. The van der Waals surface area contributed by atoms with E-state index in [9.17, 15) is 4.79 Å². The number of amides is 1. The third kappa shape index (κ3) is 3.95. The third-order valence-electron chi connectivity index (χ3n) is 4.29. The van der Waals surface area contributed by atoms with E-state index in [1.807, 2.05) is 12.1 Å². The quantitative estimate of drug-likeness (QED) is 0.766. The number of hydrogen-bond donors (Lipinski definition) is 1. The van der Waals surface area contributed by atoms with Crippen molar-refractivity contribution in [2.75, 3.05) is 46.0 Å². The van der Waals surface area contributed by atoms with E-state index in [1.54, 1.807) is 18.2 Å². The van der Waals surface area contributed by atoms with Gasteiger partial charge in [0, 0.05) is 26.1 Å². The molecule has 24 heavy (non-hydrogen) atoms. The largest absolute Gasteiger partial charge is 0.489 e. The monoisotopic (exact) mass is 332 g/mol. The number of carbonyl (C=O) groups is 1. The molecule has 6 nitrogen and oxygen atoms in total. The van der Waals surface area contributed by atoms with Crippen LogP contribution in [0, 0.1) is 0 Å². The Morgan fingerprint density at radius 3 is 2.96 bits per heavy atom. The van der Waals surface area contributed by atoms with E-state index >= 15 is 0 Å². The Kier molecular flexibility index (Phi) is 5.50. The predicted molar refractivity (Wildman–Crippen MR) is 90.2 cm³/mol. The molecule has 1 N–H and O–H groups in total. The molecule has 2 aliphatic rings. The lowest BCUT2D eigenvalue weighted by atomic mass is 10.2. The maximum atomic E-state index is 12.4. The lowest BCUT2D eigenvalue weighted by Crippen LogP contribution is -2.38. The summed E-state index contributed by atoms with van der Waals surface area (Å²) in [5.41, 5.74) is 0.541. The molecule has 1 amide bonds. The maximum absolute atomic E-state index is 12.4. The number of hydrogen-bond acceptors (Lipinski definition) is 5. The Bertz CT molecular complexity index is 584. The molecule has 3 rings (SSSR count). The summed E-state index contributed by atoms with van der Waals surface area (Å²) in [7, 11) is 0. The molecule has 2 fully saturated rings. The summed E-state index contributed by atoms with van der Waals surface area (Å²) >= 11 is 0. The van der Waals surface area contributed by atoms with Crippen molar-refractivity contribution in [3.63, 3.8) is 0 Å². The maximum Gasteiger partial charge on any atom is 0.255 e. The third-order valence-corrected chi connectivity index (χ3v) is 4.29. The second-order valence-corrected chi connectivity index (χ2v) is 5.99. The van der Waals surface area contributed by atoms with Gasteiger partial charge in [-0.25, -0.2) is 0 Å². The predicted octanol–water partition coefficient (Wildman–Crippen LogP) is 1.43. The smallest absolute Gasteiger partial charge is 0.255 e. The zero-order chi connectivity index (χ0) is 16.8. The highest BCUT2D eigenvalue weighted by atomic mass is 16.7. The van der Waals surface area contributed by atoms with Crippen LogP contribution in [0.15, 0.2) is 36.9 Å². The molecule has 1 aromatic rings. The van der Waals surface area contributed by atoms with Crippen molar-refractivity contribution < 1.29 is 19.0 Å². The highest BCUT2D eigenvalue weighted by Crippen LogP contribution is 2.29. The highest BCUT2D eigenvalue weighted by molar-refractivity contribution is 5.96. The summed E-state index contributed by atoms with van der Waals surface area (Å²) in [6.07, 6.45) is 2.55. The van der Waals surface area contributed by atoms with E-state index < -0.39 is 5.79 Å². The van der Waals surface area contributed by atoms with Crippen LogP contribution >= 0.6 is 0 Å². The van der Waals surface area contributed by atoms with Gasteiger partial charge in [0.25, 0.3) is 5.91 Å². The van der Waals surface area contributed by atoms with Crippen LogP contribution in [0.4, 0.5) is 0 Å². The summed E-state index contributed by atoms with van der Waals surface area (Å²) < 4.78 is 16.9. The van der Waals surface area contributed by atoms with Crippen LogP contribution in [0.5, 0.6) is 5.75 Å². The minimum Gasteiger partial charge on any atom is -0.489 e. The SMILES string of the molecule is C=CCOc1ccccc1C(=O)NCCN1CCC2(C1)OCCO2. The molecule has 1 spiro atoms. The van der Waals surface area contributed by atoms with Crippen LogP contribution in [-0.2, 0) is 9.47 Å². The molecule has 0 aliphatic carbocycles. The van der Waals surface area contributed by atoms with Gasteiger partial charge in [0.05, 0.1) is 25.3 Å². The first-order valence-corrected chi connectivity index (χ1v) is 8.34. The Morgan fingerprint density at radius 2 is 2.17 bits per heavy atom. The van der Waals surface area contributed by atoms with Gasteiger partial charge in [0.1, 0.15) is 12.4 Å². The fourth-order valence-electron chi connectivity index (χ4n) is 3.10. The molecule has 2 heterocycles. The van der Waals surface area contributed by atoms with Gasteiger partial charge in [-0.2, -0.15) is 0 Å². The van der Waals surface area contributed by atoms with E-state index in [-0.39, 0.29) is 5.91 Å². The molecular formula is C18H24N2O4. The van der Waals surface area contributed by atoms with Crippen molar-refractivity contribution in [2.45, 2.75) is 12.2 Å².